The molecule has 0 saturated heterocycles. The van der Waals surface area contributed by atoms with Crippen LogP contribution in [0.1, 0.15) is 59.8 Å². The molecule has 0 amide bonds. The van der Waals surface area contributed by atoms with Crippen molar-refractivity contribution >= 4 is 16.3 Å². The molecule has 28 heavy (non-hydrogen) atoms. The second kappa shape index (κ2) is 10.8. The van der Waals surface area contributed by atoms with Crippen LogP contribution in [0.4, 0.5) is 0 Å². The van der Waals surface area contributed by atoms with Crippen LogP contribution in [-0.4, -0.2) is 22.2 Å². The summed E-state index contributed by atoms with van der Waals surface area (Å²) >= 11 is 0. The third-order valence-corrected chi connectivity index (χ3v) is 11.5. The van der Waals surface area contributed by atoms with E-state index in [0.717, 1.165) is 6.42 Å². The first-order valence-electron chi connectivity index (χ1n) is 10.8. The van der Waals surface area contributed by atoms with Crippen molar-refractivity contribution in [1.29, 1.82) is 0 Å². The van der Waals surface area contributed by atoms with Crippen LogP contribution < -0.4 is 5.09 Å². The molecule has 152 valence electrons. The lowest BCUT2D eigenvalue weighted by molar-refractivity contribution is 0.555. The zero-order chi connectivity index (χ0) is 19.9. The second-order valence-electron chi connectivity index (χ2n) is 8.20. The molecule has 0 heterocycles. The third kappa shape index (κ3) is 5.64. The predicted octanol–water partition coefficient (Wildman–Crippen LogP) is 7.76. The van der Waals surface area contributed by atoms with E-state index in [1.54, 1.807) is 10.6 Å². The maximum atomic E-state index is 4.00. The van der Waals surface area contributed by atoms with Gasteiger partial charge in [0.2, 0.25) is 0 Å². The molecule has 0 aliphatic heterocycles. The Bertz CT molecular complexity index is 697. The van der Waals surface area contributed by atoms with Crippen LogP contribution in [0.3, 0.4) is 0 Å². The Morgan fingerprint density at radius 3 is 2.43 bits per heavy atom. The van der Waals surface area contributed by atoms with E-state index in [4.69, 9.17) is 0 Å². The molecule has 0 saturated carbocycles. The lowest BCUT2D eigenvalue weighted by atomic mass is 10.2. The minimum absolute atomic E-state index is 0.424. The van der Waals surface area contributed by atoms with Crippen molar-refractivity contribution in [2.24, 2.45) is 0 Å². The SMILES string of the molecule is CC(C)NP(C1=CC=CCC1)N(C(C)C)P(C1=CCCC=C1)C1C=CC=CC1. The van der Waals surface area contributed by atoms with E-state index in [1.165, 1.54) is 25.7 Å². The van der Waals surface area contributed by atoms with Gasteiger partial charge < -0.3 is 0 Å². The van der Waals surface area contributed by atoms with Crippen LogP contribution in [-0.2, 0) is 0 Å². The summed E-state index contributed by atoms with van der Waals surface area (Å²) < 4.78 is 2.88. The van der Waals surface area contributed by atoms with Gasteiger partial charge in [0.15, 0.2) is 0 Å². The largest absolute Gasteiger partial charge is 0.277 e. The smallest absolute Gasteiger partial charge is 0.0698 e. The van der Waals surface area contributed by atoms with Crippen molar-refractivity contribution < 1.29 is 0 Å². The number of nitrogens with zero attached hydrogens (tertiary/aromatic N) is 1. The maximum Gasteiger partial charge on any atom is 0.0698 e. The van der Waals surface area contributed by atoms with Crippen LogP contribution in [0.5, 0.6) is 0 Å². The lowest BCUT2D eigenvalue weighted by Gasteiger charge is -2.46. The van der Waals surface area contributed by atoms with Crippen molar-refractivity contribution in [3.8, 4) is 0 Å². The number of rotatable bonds is 8. The van der Waals surface area contributed by atoms with E-state index in [1.807, 2.05) is 0 Å². The maximum absolute atomic E-state index is 4.00. The van der Waals surface area contributed by atoms with Crippen LogP contribution in [0, 0.1) is 0 Å². The van der Waals surface area contributed by atoms with Gasteiger partial charge in [0.1, 0.15) is 0 Å². The molecular weight excluding hydrogens is 378 g/mol. The summed E-state index contributed by atoms with van der Waals surface area (Å²) in [6.45, 7) is 9.36. The normalized spacial score (nSPS) is 24.0. The van der Waals surface area contributed by atoms with E-state index in [0.29, 0.717) is 17.7 Å². The van der Waals surface area contributed by atoms with E-state index < -0.39 is 16.3 Å². The zero-order valence-corrected chi connectivity index (χ0v) is 19.7. The summed E-state index contributed by atoms with van der Waals surface area (Å²) in [7, 11) is -0.945. The van der Waals surface area contributed by atoms with Crippen molar-refractivity contribution in [3.63, 3.8) is 0 Å². The molecule has 3 aliphatic rings. The molecule has 0 bridgehead atoms. The Kier molecular flexibility index (Phi) is 8.49. The minimum atomic E-state index is -0.521. The highest BCUT2D eigenvalue weighted by atomic mass is 31.2. The summed E-state index contributed by atoms with van der Waals surface area (Å²) in [5.74, 6) is 0. The van der Waals surface area contributed by atoms with Crippen molar-refractivity contribution in [3.05, 3.63) is 71.4 Å². The molecule has 3 aliphatic carbocycles. The Labute approximate surface area is 174 Å². The van der Waals surface area contributed by atoms with Crippen LogP contribution in [0.25, 0.3) is 0 Å². The highest BCUT2D eigenvalue weighted by Crippen LogP contribution is 2.68. The fourth-order valence-corrected chi connectivity index (χ4v) is 10.5. The van der Waals surface area contributed by atoms with Gasteiger partial charge in [-0.2, -0.15) is 0 Å². The van der Waals surface area contributed by atoms with Gasteiger partial charge in [-0.05, 0) is 70.4 Å². The minimum Gasteiger partial charge on any atom is -0.277 e. The van der Waals surface area contributed by atoms with E-state index in [-0.39, 0.29) is 0 Å². The molecular formula is C24H36N2P2. The summed E-state index contributed by atoms with van der Waals surface area (Å²) in [5, 5.41) is 7.18. The van der Waals surface area contributed by atoms with Gasteiger partial charge in [-0.25, -0.2) is 4.44 Å². The number of allylic oxidation sites excluding steroid dienone is 12. The second-order valence-corrected chi connectivity index (χ2v) is 12.7. The quantitative estimate of drug-likeness (QED) is 0.408. The first kappa shape index (κ1) is 21.9. The summed E-state index contributed by atoms with van der Waals surface area (Å²) in [5.41, 5.74) is 0.593. The molecule has 0 fully saturated rings. The molecule has 0 aromatic carbocycles. The molecule has 0 spiro atoms. The van der Waals surface area contributed by atoms with E-state index in [9.17, 15) is 0 Å². The number of nitrogens with one attached hydrogen (secondary N) is 1. The number of hydrogen-bond acceptors (Lipinski definition) is 2. The van der Waals surface area contributed by atoms with E-state index in [2.05, 4.69) is 98.0 Å². The van der Waals surface area contributed by atoms with Gasteiger partial charge in [0.05, 0.1) is 8.22 Å². The summed E-state index contributed by atoms with van der Waals surface area (Å²) in [6, 6.07) is 0.986. The predicted molar refractivity (Wildman–Crippen MR) is 129 cm³/mol. The lowest BCUT2D eigenvalue weighted by Crippen LogP contribution is -2.33. The van der Waals surface area contributed by atoms with Gasteiger partial charge in [-0.15, -0.1) is 0 Å². The molecule has 3 unspecified atom stereocenters. The zero-order valence-electron chi connectivity index (χ0n) is 17.9. The molecule has 2 nitrogen and oxygen atoms in total. The monoisotopic (exact) mass is 414 g/mol. The van der Waals surface area contributed by atoms with Crippen LogP contribution in [0.15, 0.2) is 71.4 Å². The average molecular weight is 415 g/mol. The van der Waals surface area contributed by atoms with Gasteiger partial charge in [-0.3, -0.25) is 5.09 Å². The van der Waals surface area contributed by atoms with Crippen molar-refractivity contribution in [2.45, 2.75) is 77.5 Å². The average Bonchev–Trinajstić information content (AvgIpc) is 2.72. The first-order valence-corrected chi connectivity index (χ1v) is 13.4. The van der Waals surface area contributed by atoms with Gasteiger partial charge in [0.25, 0.3) is 0 Å². The van der Waals surface area contributed by atoms with Crippen LogP contribution >= 0.6 is 16.3 Å². The van der Waals surface area contributed by atoms with Gasteiger partial charge in [0, 0.05) is 25.8 Å². The molecule has 0 aromatic heterocycles. The molecule has 0 radical (unpaired) electrons. The Hall–Kier alpha value is -0.780. The van der Waals surface area contributed by atoms with Gasteiger partial charge in [-0.1, -0.05) is 60.8 Å². The van der Waals surface area contributed by atoms with Crippen molar-refractivity contribution in [2.75, 3.05) is 0 Å². The highest BCUT2D eigenvalue weighted by molar-refractivity contribution is 7.74. The Balaban J connectivity index is 2.02. The standard InChI is InChI=1S/C24H36N2P2/c1-20(2)25-28(24-18-12-7-13-19-24)26(21(3)4)27(22-14-8-5-9-15-22)23-16-10-6-11-17-23/h5,7-10,12,14,16-18,20-22,25H,6,11,13,15,19H2,1-4H3. The highest BCUT2D eigenvalue weighted by Gasteiger charge is 2.37. The molecule has 3 rings (SSSR count). The summed E-state index contributed by atoms with van der Waals surface area (Å²) in [4.78, 5) is 0. The molecule has 3 atom stereocenters. The first-order chi connectivity index (χ1) is 13.6. The van der Waals surface area contributed by atoms with E-state index >= 15 is 0 Å². The van der Waals surface area contributed by atoms with Gasteiger partial charge >= 0.3 is 0 Å². The summed E-state index contributed by atoms with van der Waals surface area (Å²) in [6.07, 6.45) is 29.4. The molecule has 0 aromatic rings. The third-order valence-electron chi connectivity index (χ3n) is 5.04. The fraction of sp³-hybridized carbons (Fsp3) is 0.500. The Morgan fingerprint density at radius 2 is 1.86 bits per heavy atom. The Morgan fingerprint density at radius 1 is 1.00 bits per heavy atom. The fourth-order valence-electron chi connectivity index (χ4n) is 3.84. The number of hydrogen-bond donors (Lipinski definition) is 1. The molecule has 4 heteroatoms. The topological polar surface area (TPSA) is 15.3 Å². The van der Waals surface area contributed by atoms with Crippen LogP contribution in [0.2, 0.25) is 0 Å². The van der Waals surface area contributed by atoms with Crippen molar-refractivity contribution in [1.82, 2.24) is 9.53 Å². The molecule has 1 N–H and O–H groups in total.